The SMILES string of the molecule is COc1c(F)c(F)c(COC(=O)[C@H]2[C@@H](C=C(Cl)C(F)(F)F)C2(C)C)c(F)c1F. The van der Waals surface area contributed by atoms with Crippen LogP contribution in [-0.2, 0) is 16.1 Å². The number of ether oxygens (including phenoxy) is 2. The highest BCUT2D eigenvalue weighted by Gasteiger charge is 2.62. The Kier molecular flexibility index (Phi) is 5.94. The van der Waals surface area contributed by atoms with Crippen LogP contribution >= 0.6 is 11.6 Å². The van der Waals surface area contributed by atoms with Gasteiger partial charge in [-0.3, -0.25) is 4.79 Å². The van der Waals surface area contributed by atoms with Gasteiger partial charge in [-0.25, -0.2) is 8.78 Å². The molecule has 1 aromatic carbocycles. The van der Waals surface area contributed by atoms with Crippen LogP contribution in [0.25, 0.3) is 0 Å². The average Bonchev–Trinajstić information content (AvgIpc) is 3.13. The lowest BCUT2D eigenvalue weighted by Crippen LogP contribution is -2.14. The largest absolute Gasteiger partial charge is 0.491 e. The number of rotatable bonds is 5. The van der Waals surface area contributed by atoms with E-state index in [1.165, 1.54) is 13.8 Å². The Hall–Kier alpha value is -1.97. The van der Waals surface area contributed by atoms with E-state index in [4.69, 9.17) is 11.6 Å². The number of alkyl halides is 3. The second-order valence-corrected chi connectivity index (χ2v) is 7.12. The van der Waals surface area contributed by atoms with Crippen molar-refractivity contribution in [2.24, 2.45) is 17.3 Å². The summed E-state index contributed by atoms with van der Waals surface area (Å²) in [5.41, 5.74) is -2.15. The van der Waals surface area contributed by atoms with Crippen LogP contribution in [0.15, 0.2) is 11.1 Å². The Morgan fingerprint density at radius 3 is 2.04 bits per heavy atom. The molecule has 0 radical (unpaired) electrons. The molecule has 1 fully saturated rings. The minimum atomic E-state index is -4.79. The molecule has 0 spiro atoms. The molecule has 0 heterocycles. The van der Waals surface area contributed by atoms with Gasteiger partial charge in [-0.1, -0.05) is 31.5 Å². The topological polar surface area (TPSA) is 35.5 Å². The zero-order valence-electron chi connectivity index (χ0n) is 14.7. The summed E-state index contributed by atoms with van der Waals surface area (Å²) < 4.78 is 102. The highest BCUT2D eigenvalue weighted by Crippen LogP contribution is 2.60. The van der Waals surface area contributed by atoms with Crippen LogP contribution in [0.5, 0.6) is 5.75 Å². The van der Waals surface area contributed by atoms with Crippen molar-refractivity contribution in [3.05, 3.63) is 39.9 Å². The number of carbonyl (C=O) groups excluding carboxylic acids is 1. The molecule has 0 amide bonds. The summed E-state index contributed by atoms with van der Waals surface area (Å²) >= 11 is 5.16. The minimum Gasteiger partial charge on any atom is -0.491 e. The number of benzene rings is 1. The van der Waals surface area contributed by atoms with Gasteiger partial charge < -0.3 is 9.47 Å². The maximum absolute atomic E-state index is 13.9. The molecule has 1 saturated carbocycles. The first kappa shape index (κ1) is 22.3. The Morgan fingerprint density at radius 2 is 1.61 bits per heavy atom. The van der Waals surface area contributed by atoms with E-state index in [0.717, 1.165) is 7.11 Å². The summed E-state index contributed by atoms with van der Waals surface area (Å²) in [7, 11) is 0.801. The smallest absolute Gasteiger partial charge is 0.426 e. The molecule has 3 nitrogen and oxygen atoms in total. The Labute approximate surface area is 160 Å². The molecule has 28 heavy (non-hydrogen) atoms. The van der Waals surface area contributed by atoms with Crippen molar-refractivity contribution < 1.29 is 45.0 Å². The molecule has 2 rings (SSSR count). The lowest BCUT2D eigenvalue weighted by atomic mass is 10.1. The Bertz CT molecular complexity index is 804. The highest BCUT2D eigenvalue weighted by atomic mass is 35.5. The zero-order valence-corrected chi connectivity index (χ0v) is 15.4. The van der Waals surface area contributed by atoms with Gasteiger partial charge in [0.25, 0.3) is 0 Å². The van der Waals surface area contributed by atoms with Gasteiger partial charge in [0.2, 0.25) is 11.6 Å². The van der Waals surface area contributed by atoms with Crippen LogP contribution in [0.1, 0.15) is 19.4 Å². The van der Waals surface area contributed by atoms with Crippen LogP contribution < -0.4 is 4.74 Å². The lowest BCUT2D eigenvalue weighted by Gasteiger charge is -2.11. The number of allylic oxidation sites excluding steroid dienone is 2. The molecule has 0 aromatic heterocycles. The highest BCUT2D eigenvalue weighted by molar-refractivity contribution is 6.30. The summed E-state index contributed by atoms with van der Waals surface area (Å²) in [6.07, 6.45) is -4.14. The van der Waals surface area contributed by atoms with Crippen LogP contribution in [0.4, 0.5) is 30.7 Å². The van der Waals surface area contributed by atoms with Gasteiger partial charge in [-0.05, 0) is 11.3 Å². The van der Waals surface area contributed by atoms with E-state index in [1.807, 2.05) is 0 Å². The number of methoxy groups -OCH3 is 1. The van der Waals surface area contributed by atoms with Gasteiger partial charge in [0, 0.05) is 0 Å². The molecule has 2 atom stereocenters. The molecule has 11 heteroatoms. The van der Waals surface area contributed by atoms with Gasteiger partial charge in [-0.15, -0.1) is 0 Å². The van der Waals surface area contributed by atoms with E-state index in [9.17, 15) is 35.5 Å². The number of halogens is 8. The molecule has 0 saturated heterocycles. The molecule has 156 valence electrons. The molecule has 1 aliphatic rings. The van der Waals surface area contributed by atoms with Gasteiger partial charge in [0.1, 0.15) is 11.6 Å². The van der Waals surface area contributed by atoms with Crippen LogP contribution in [-0.4, -0.2) is 19.3 Å². The predicted molar refractivity (Wildman–Crippen MR) is 83.4 cm³/mol. The maximum Gasteiger partial charge on any atom is 0.426 e. The Balaban J connectivity index is 2.18. The van der Waals surface area contributed by atoms with E-state index < -0.39 is 75.6 Å². The summed E-state index contributed by atoms with van der Waals surface area (Å²) in [4.78, 5) is 12.1. The number of carbonyl (C=O) groups is 1. The van der Waals surface area contributed by atoms with E-state index >= 15 is 0 Å². The van der Waals surface area contributed by atoms with Crippen molar-refractivity contribution >= 4 is 17.6 Å². The summed E-state index contributed by atoms with van der Waals surface area (Å²) in [6, 6.07) is 0. The molecule has 0 unspecified atom stereocenters. The number of esters is 1. The zero-order chi connectivity index (χ0) is 21.6. The molecular formula is C17H14ClF7O3. The second kappa shape index (κ2) is 7.46. The van der Waals surface area contributed by atoms with Crippen LogP contribution in [0, 0.1) is 40.5 Å². The van der Waals surface area contributed by atoms with Gasteiger partial charge in [0.05, 0.1) is 18.6 Å². The normalized spacial score (nSPS) is 21.5. The molecule has 0 N–H and O–H groups in total. The second-order valence-electron chi connectivity index (χ2n) is 6.71. The third-order valence-electron chi connectivity index (χ3n) is 4.64. The average molecular weight is 435 g/mol. The lowest BCUT2D eigenvalue weighted by molar-refractivity contribution is -0.147. The standard InChI is InChI=1S/C17H14ClF7O3/c1-16(2)7(4-8(18)17(23,24)25)9(16)15(26)28-5-6-10(19)12(21)14(27-3)13(22)11(6)20/h4,7,9H,5H2,1-3H3/t7-,9-/m1/s1. The van der Waals surface area contributed by atoms with Crippen LogP contribution in [0.2, 0.25) is 0 Å². The van der Waals surface area contributed by atoms with Gasteiger partial charge >= 0.3 is 12.1 Å². The summed E-state index contributed by atoms with van der Waals surface area (Å²) in [5, 5.41) is -1.42. The fraction of sp³-hybridized carbons (Fsp3) is 0.471. The predicted octanol–water partition coefficient (Wildman–Crippen LogP) is 5.25. The quantitative estimate of drug-likeness (QED) is 0.361. The number of hydrogen-bond donors (Lipinski definition) is 0. The first-order chi connectivity index (χ1) is 12.7. The van der Waals surface area contributed by atoms with Crippen molar-refractivity contribution in [2.45, 2.75) is 26.6 Å². The van der Waals surface area contributed by atoms with Gasteiger partial charge in [-0.2, -0.15) is 22.0 Å². The third-order valence-corrected chi connectivity index (χ3v) is 4.98. The molecule has 1 aliphatic carbocycles. The van der Waals surface area contributed by atoms with Crippen molar-refractivity contribution in [1.29, 1.82) is 0 Å². The Morgan fingerprint density at radius 1 is 1.11 bits per heavy atom. The molecular weight excluding hydrogens is 421 g/mol. The fourth-order valence-electron chi connectivity index (χ4n) is 2.89. The molecule has 0 aliphatic heterocycles. The third kappa shape index (κ3) is 3.92. The molecule has 0 bridgehead atoms. The van der Waals surface area contributed by atoms with Gasteiger partial charge in [0.15, 0.2) is 17.4 Å². The van der Waals surface area contributed by atoms with E-state index in [2.05, 4.69) is 9.47 Å². The van der Waals surface area contributed by atoms with Crippen LogP contribution in [0.3, 0.4) is 0 Å². The maximum atomic E-state index is 13.9. The monoisotopic (exact) mass is 434 g/mol. The van der Waals surface area contributed by atoms with E-state index in [-0.39, 0.29) is 0 Å². The van der Waals surface area contributed by atoms with E-state index in [1.54, 1.807) is 0 Å². The van der Waals surface area contributed by atoms with E-state index in [0.29, 0.717) is 6.08 Å². The summed E-state index contributed by atoms with van der Waals surface area (Å²) in [6.45, 7) is 1.77. The molecule has 1 aromatic rings. The van der Waals surface area contributed by atoms with Crippen molar-refractivity contribution in [3.63, 3.8) is 0 Å². The van der Waals surface area contributed by atoms with Crippen molar-refractivity contribution in [1.82, 2.24) is 0 Å². The summed E-state index contributed by atoms with van der Waals surface area (Å²) in [5.74, 6) is -11.6. The van der Waals surface area contributed by atoms with Crippen molar-refractivity contribution in [3.8, 4) is 5.75 Å². The fourth-order valence-corrected chi connectivity index (χ4v) is 3.02. The number of hydrogen-bond acceptors (Lipinski definition) is 3. The minimum absolute atomic E-state index is 0.654. The first-order valence-corrected chi connectivity index (χ1v) is 8.12. The van der Waals surface area contributed by atoms with Crippen molar-refractivity contribution in [2.75, 3.05) is 7.11 Å². The first-order valence-electron chi connectivity index (χ1n) is 7.75.